The standard InChI is InChI=1S/C13H20P.C5H5.Fe/c1-3-13(4-2)10-7-11-14(13)12-8-5-6-9-12;1-2-4-5-3-1;/h5-6,8-9H,3-4,7,10-11H2,1-2H3;1-5H;. The Morgan fingerprint density at radius 3 is 1.80 bits per heavy atom. The maximum atomic E-state index is 2.58. The first-order chi connectivity index (χ1) is 9.51. The molecule has 0 aromatic carbocycles. The van der Waals surface area contributed by atoms with E-state index in [9.17, 15) is 0 Å². The van der Waals surface area contributed by atoms with Crippen LogP contribution in [0.5, 0.6) is 0 Å². The predicted molar refractivity (Wildman–Crippen MR) is 80.8 cm³/mol. The Morgan fingerprint density at radius 1 is 0.900 bits per heavy atom. The Hall–Kier alpha value is 0.949. The fourth-order valence-electron chi connectivity index (χ4n) is 19.3. The van der Waals surface area contributed by atoms with E-state index < -0.39 is 6.51 Å². The molecule has 11 aliphatic rings. The maximum absolute atomic E-state index is 2.77. The van der Waals surface area contributed by atoms with Crippen molar-refractivity contribution in [3.63, 3.8) is 0 Å². The number of fused-ring (bicyclic) bond motifs is 10. The fourth-order valence-corrected chi connectivity index (χ4v) is 110. The molecule has 1 spiro atoms. The summed E-state index contributed by atoms with van der Waals surface area (Å²) < 4.78 is 1.27. The molecule has 0 aromatic rings. The van der Waals surface area contributed by atoms with Crippen LogP contribution in [0.2, 0.25) is 43.3 Å². The van der Waals surface area contributed by atoms with Crippen molar-refractivity contribution >= 4 is 7.92 Å². The van der Waals surface area contributed by atoms with Crippen molar-refractivity contribution in [1.29, 1.82) is 0 Å². The molecule has 11 rings (SSSR count). The zero-order valence-corrected chi connectivity index (χ0v) is 14.5. The molecule has 11 fully saturated rings. The van der Waals surface area contributed by atoms with Crippen LogP contribution in [-0.4, -0.2) is 15.4 Å². The summed E-state index contributed by atoms with van der Waals surface area (Å²) in [6.07, 6.45) is 8.19. The molecule has 11 saturated heterocycles. The van der Waals surface area contributed by atoms with Gasteiger partial charge in [0.1, 0.15) is 0 Å². The van der Waals surface area contributed by atoms with Crippen molar-refractivity contribution in [2.75, 3.05) is 6.16 Å². The summed E-state index contributed by atoms with van der Waals surface area (Å²) in [6.45, 7) is 2.39. The Balaban J connectivity index is 1.38. The van der Waals surface area contributed by atoms with Gasteiger partial charge in [-0.05, 0) is 0 Å². The molecule has 0 saturated carbocycles. The molecule has 2 heteroatoms. The molecule has 20 heavy (non-hydrogen) atoms. The fraction of sp³-hybridized carbons (Fsp3) is 1.00. The van der Waals surface area contributed by atoms with E-state index in [1.165, 1.54) is 4.05 Å². The van der Waals surface area contributed by atoms with Gasteiger partial charge in [0.2, 0.25) is 0 Å². The van der Waals surface area contributed by atoms with Crippen LogP contribution < -0.4 is 0 Å². The van der Waals surface area contributed by atoms with Gasteiger partial charge in [0.05, 0.1) is 0 Å². The van der Waals surface area contributed by atoms with E-state index in [0.29, 0.717) is 7.92 Å². The second-order valence-electron chi connectivity index (χ2n) is 12.8. The van der Waals surface area contributed by atoms with Crippen LogP contribution in [0.25, 0.3) is 0 Å². The number of rotatable bonds is 3. The molecule has 5 atom stereocenters. The third-order valence-electron chi connectivity index (χ3n) is 17.9. The van der Waals surface area contributed by atoms with Crippen molar-refractivity contribution < 1.29 is 6.51 Å². The second-order valence-corrected chi connectivity index (χ2v) is 39.8. The topological polar surface area (TPSA) is 0 Å². The summed E-state index contributed by atoms with van der Waals surface area (Å²) >= 11 is 0. The average Bonchev–Trinajstić information content (AvgIpc) is 3.40. The molecule has 0 bridgehead atoms. The normalized spacial score (nSPS) is 114. The second kappa shape index (κ2) is 0.829. The van der Waals surface area contributed by atoms with Gasteiger partial charge >= 0.3 is 113 Å². The van der Waals surface area contributed by atoms with E-state index in [1.54, 1.807) is 75.2 Å². The van der Waals surface area contributed by atoms with Gasteiger partial charge in [0.25, 0.3) is 0 Å². The third-order valence-corrected chi connectivity index (χ3v) is 68.7. The quantitative estimate of drug-likeness (QED) is 0.432. The summed E-state index contributed by atoms with van der Waals surface area (Å²) in [6, 6.07) is 0. The molecule has 0 radical (unpaired) electrons. The third kappa shape index (κ3) is 0.107. The van der Waals surface area contributed by atoms with Crippen molar-refractivity contribution in [3.8, 4) is 0 Å². The van der Waals surface area contributed by atoms with E-state index in [1.807, 2.05) is 0 Å². The first-order valence-corrected chi connectivity index (χ1v) is 17.3. The summed E-state index contributed by atoms with van der Waals surface area (Å²) in [7, 11) is 0.490. The molecule has 5 unspecified atom stereocenters. The first-order valence-electron chi connectivity index (χ1n) is 9.50. The van der Waals surface area contributed by atoms with Crippen LogP contribution >= 0.6 is 7.92 Å². The van der Waals surface area contributed by atoms with E-state index in [-0.39, 0.29) is 0 Å². The van der Waals surface area contributed by atoms with E-state index in [4.69, 9.17) is 0 Å². The molecule has 0 amide bonds. The molecule has 0 aliphatic carbocycles. The molecule has 0 nitrogen and oxygen atoms in total. The molecule has 11 heterocycles. The van der Waals surface area contributed by atoms with Gasteiger partial charge in [-0.2, -0.15) is 0 Å². The minimum absolute atomic E-state index is 0.490. The SMILES string of the molecule is CCC1(CC)CCCP1[C]12[CH]3[CH]4[CH]5[CH]1[Fe]45321678[CH]2[CH]1[CH]6[CH]7[CH]28. The summed E-state index contributed by atoms with van der Waals surface area (Å²) in [5, 5.41) is 0.910. The Morgan fingerprint density at radius 2 is 1.45 bits per heavy atom. The zero-order chi connectivity index (χ0) is 12.6. The van der Waals surface area contributed by atoms with E-state index in [2.05, 4.69) is 13.8 Å². The van der Waals surface area contributed by atoms with Crippen molar-refractivity contribution in [2.24, 2.45) is 0 Å². The van der Waals surface area contributed by atoms with Gasteiger partial charge in [-0.15, -0.1) is 0 Å². The first kappa shape index (κ1) is 8.70. The van der Waals surface area contributed by atoms with Crippen LogP contribution in [-0.2, 0) is 6.51 Å². The van der Waals surface area contributed by atoms with E-state index in [0.717, 1.165) is 5.16 Å². The van der Waals surface area contributed by atoms with Crippen LogP contribution in [0.3, 0.4) is 0 Å². The Bertz CT molecular complexity index is 970. The number of hydrogen-bond acceptors (Lipinski definition) is 0. The van der Waals surface area contributed by atoms with Gasteiger partial charge in [0.15, 0.2) is 0 Å². The van der Waals surface area contributed by atoms with Crippen molar-refractivity contribution in [1.82, 2.24) is 0 Å². The predicted octanol–water partition coefficient (Wildman–Crippen LogP) is 6.12. The van der Waals surface area contributed by atoms with Crippen LogP contribution in [0.1, 0.15) is 39.5 Å². The van der Waals surface area contributed by atoms with Gasteiger partial charge in [-0.3, -0.25) is 0 Å². The van der Waals surface area contributed by atoms with Gasteiger partial charge in [0, 0.05) is 0 Å². The van der Waals surface area contributed by atoms with Crippen molar-refractivity contribution in [2.45, 2.75) is 92.1 Å². The molecule has 11 aliphatic heterocycles. The summed E-state index contributed by atoms with van der Waals surface area (Å²) in [5.74, 6) is 0. The molecular weight excluding hydrogens is 303 g/mol. The van der Waals surface area contributed by atoms with Crippen LogP contribution in [0.15, 0.2) is 0 Å². The number of hydrogen-bond donors (Lipinski definition) is 0. The van der Waals surface area contributed by atoms with Gasteiger partial charge in [-0.1, -0.05) is 0 Å². The molecule has 0 aromatic heterocycles. The monoisotopic (exact) mass is 328 g/mol. The summed E-state index contributed by atoms with van der Waals surface area (Å²) in [4.78, 5) is 14.1. The van der Waals surface area contributed by atoms with Crippen LogP contribution in [0, 0.1) is 0 Å². The summed E-state index contributed by atoms with van der Waals surface area (Å²) in [5.41, 5.74) is 0. The van der Waals surface area contributed by atoms with E-state index >= 15 is 0 Å². The molecule has 0 N–H and O–H groups in total. The molecule has 110 valence electrons. The average molecular weight is 328 g/mol. The zero-order valence-electron chi connectivity index (χ0n) is 12.5. The van der Waals surface area contributed by atoms with Gasteiger partial charge in [-0.25, -0.2) is 0 Å². The van der Waals surface area contributed by atoms with Crippen LogP contribution in [0.4, 0.5) is 0 Å². The Labute approximate surface area is 112 Å². The van der Waals surface area contributed by atoms with Gasteiger partial charge < -0.3 is 0 Å². The molecular formula is C18H25FeP. The van der Waals surface area contributed by atoms with Crippen molar-refractivity contribution in [3.05, 3.63) is 0 Å². The minimum atomic E-state index is -2.77. The Kier molecular flexibility index (Phi) is 0.361.